The van der Waals surface area contributed by atoms with Crippen molar-refractivity contribution in [2.75, 3.05) is 13.1 Å². The van der Waals surface area contributed by atoms with E-state index < -0.39 is 10.0 Å². The summed E-state index contributed by atoms with van der Waals surface area (Å²) in [5.41, 5.74) is 2.49. The van der Waals surface area contributed by atoms with Gasteiger partial charge in [0.25, 0.3) is 0 Å². The van der Waals surface area contributed by atoms with Crippen LogP contribution in [0.25, 0.3) is 0 Å². The molecule has 110 valence electrons. The van der Waals surface area contributed by atoms with E-state index >= 15 is 0 Å². The predicted octanol–water partition coefficient (Wildman–Crippen LogP) is 2.81. The lowest BCUT2D eigenvalue weighted by Gasteiger charge is -2.33. The Morgan fingerprint density at radius 1 is 1.25 bits per heavy atom. The molecule has 0 bridgehead atoms. The molecule has 20 heavy (non-hydrogen) atoms. The van der Waals surface area contributed by atoms with Crippen LogP contribution in [-0.4, -0.2) is 31.2 Å². The quantitative estimate of drug-likeness (QED) is 0.787. The van der Waals surface area contributed by atoms with Crippen molar-refractivity contribution in [2.24, 2.45) is 5.92 Å². The van der Waals surface area contributed by atoms with Gasteiger partial charge in [0.1, 0.15) is 0 Å². The summed E-state index contributed by atoms with van der Waals surface area (Å²) in [5.74, 6) is 0.378. The lowest BCUT2D eigenvalue weighted by Crippen LogP contribution is -2.43. The van der Waals surface area contributed by atoms with Crippen LogP contribution in [0.3, 0.4) is 0 Å². The zero-order valence-electron chi connectivity index (χ0n) is 11.7. The summed E-state index contributed by atoms with van der Waals surface area (Å²) in [7, 11) is -3.39. The van der Waals surface area contributed by atoms with Crippen LogP contribution >= 0.6 is 11.6 Å². The molecule has 0 aromatic heterocycles. The Hall–Kier alpha value is -0.580. The first-order valence-electron chi connectivity index (χ1n) is 7.24. The fourth-order valence-corrected chi connectivity index (χ4v) is 4.98. The molecule has 1 fully saturated rings. The number of aryl methyl sites for hydroxylation is 2. The van der Waals surface area contributed by atoms with Crippen LogP contribution in [0, 0.1) is 5.92 Å². The lowest BCUT2D eigenvalue weighted by atomic mass is 10.0. The van der Waals surface area contributed by atoms with Gasteiger partial charge < -0.3 is 0 Å². The largest absolute Gasteiger partial charge is 0.243 e. The number of hydrogen-bond donors (Lipinski definition) is 0. The molecule has 0 saturated carbocycles. The van der Waals surface area contributed by atoms with Gasteiger partial charge in [-0.3, -0.25) is 0 Å². The third-order valence-corrected chi connectivity index (χ3v) is 6.97. The highest BCUT2D eigenvalue weighted by molar-refractivity contribution is 7.89. The molecule has 5 heteroatoms. The number of nitrogens with zero attached hydrogens (tertiary/aromatic N) is 1. The SMILES string of the molecule is CC1CCN(S(=O)(=O)c2ccc3c(c2)CCC3)CC1Cl. The van der Waals surface area contributed by atoms with E-state index in [4.69, 9.17) is 11.6 Å². The van der Waals surface area contributed by atoms with Crippen molar-refractivity contribution in [1.29, 1.82) is 0 Å². The second-order valence-corrected chi connectivity index (χ2v) is 8.43. The van der Waals surface area contributed by atoms with Crippen molar-refractivity contribution >= 4 is 21.6 Å². The van der Waals surface area contributed by atoms with Gasteiger partial charge in [0, 0.05) is 18.5 Å². The van der Waals surface area contributed by atoms with Crippen molar-refractivity contribution in [1.82, 2.24) is 4.31 Å². The minimum absolute atomic E-state index is 0.0899. The van der Waals surface area contributed by atoms with E-state index in [9.17, 15) is 8.42 Å². The van der Waals surface area contributed by atoms with Gasteiger partial charge in [0.15, 0.2) is 0 Å². The highest BCUT2D eigenvalue weighted by Crippen LogP contribution is 2.29. The van der Waals surface area contributed by atoms with Gasteiger partial charge in [0.05, 0.1) is 4.90 Å². The van der Waals surface area contributed by atoms with E-state index in [0.717, 1.165) is 25.7 Å². The molecule has 1 aromatic rings. The molecule has 0 amide bonds. The Morgan fingerprint density at radius 3 is 2.75 bits per heavy atom. The Morgan fingerprint density at radius 2 is 2.00 bits per heavy atom. The van der Waals surface area contributed by atoms with Crippen molar-refractivity contribution in [2.45, 2.75) is 42.9 Å². The van der Waals surface area contributed by atoms with Gasteiger partial charge in [-0.05, 0) is 54.9 Å². The van der Waals surface area contributed by atoms with Gasteiger partial charge in [-0.1, -0.05) is 13.0 Å². The van der Waals surface area contributed by atoms with Crippen LogP contribution < -0.4 is 0 Å². The number of fused-ring (bicyclic) bond motifs is 1. The third-order valence-electron chi connectivity index (χ3n) is 4.54. The summed E-state index contributed by atoms with van der Waals surface area (Å²) in [6.07, 6.45) is 4.02. The number of halogens is 1. The maximum absolute atomic E-state index is 12.7. The number of hydrogen-bond acceptors (Lipinski definition) is 2. The average molecular weight is 314 g/mol. The zero-order valence-corrected chi connectivity index (χ0v) is 13.3. The van der Waals surface area contributed by atoms with E-state index in [0.29, 0.717) is 23.9 Å². The van der Waals surface area contributed by atoms with E-state index in [2.05, 4.69) is 6.92 Å². The summed E-state index contributed by atoms with van der Waals surface area (Å²) in [4.78, 5) is 0.427. The summed E-state index contributed by atoms with van der Waals surface area (Å²) in [6, 6.07) is 5.58. The van der Waals surface area contributed by atoms with Crippen LogP contribution in [0.5, 0.6) is 0 Å². The normalized spacial score (nSPS) is 27.5. The van der Waals surface area contributed by atoms with Gasteiger partial charge in [-0.2, -0.15) is 4.31 Å². The van der Waals surface area contributed by atoms with Gasteiger partial charge in [-0.25, -0.2) is 8.42 Å². The second-order valence-electron chi connectivity index (χ2n) is 5.93. The highest BCUT2D eigenvalue weighted by atomic mass is 35.5. The monoisotopic (exact) mass is 313 g/mol. The number of piperidine rings is 1. The molecule has 0 N–H and O–H groups in total. The summed E-state index contributed by atoms with van der Waals surface area (Å²) in [5, 5.41) is -0.0899. The van der Waals surface area contributed by atoms with E-state index in [-0.39, 0.29) is 5.38 Å². The van der Waals surface area contributed by atoms with Crippen LogP contribution in [0.4, 0.5) is 0 Å². The standard InChI is InChI=1S/C15H20ClNO2S/c1-11-7-8-17(10-15(11)16)20(18,19)14-6-5-12-3-2-4-13(12)9-14/h5-6,9,11,15H,2-4,7-8,10H2,1H3. The topological polar surface area (TPSA) is 37.4 Å². The molecule has 2 atom stereocenters. The molecule has 0 radical (unpaired) electrons. The van der Waals surface area contributed by atoms with Crippen LogP contribution in [0.15, 0.2) is 23.1 Å². The Labute approximate surface area is 126 Å². The average Bonchev–Trinajstić information content (AvgIpc) is 2.89. The first-order chi connectivity index (χ1) is 9.48. The minimum atomic E-state index is -3.39. The maximum Gasteiger partial charge on any atom is 0.243 e. The van der Waals surface area contributed by atoms with Gasteiger partial charge >= 0.3 is 0 Å². The molecule has 1 heterocycles. The van der Waals surface area contributed by atoms with E-state index in [1.165, 1.54) is 11.1 Å². The summed E-state index contributed by atoms with van der Waals surface area (Å²) < 4.78 is 27.0. The number of sulfonamides is 1. The Bertz CT molecular complexity index is 614. The van der Waals surface area contributed by atoms with Crippen molar-refractivity contribution in [3.05, 3.63) is 29.3 Å². The van der Waals surface area contributed by atoms with Crippen molar-refractivity contribution < 1.29 is 8.42 Å². The summed E-state index contributed by atoms with van der Waals surface area (Å²) in [6.45, 7) is 3.07. The zero-order chi connectivity index (χ0) is 14.3. The minimum Gasteiger partial charge on any atom is -0.207 e. The number of alkyl halides is 1. The molecule has 0 spiro atoms. The molecule has 3 nitrogen and oxygen atoms in total. The predicted molar refractivity (Wildman–Crippen MR) is 80.6 cm³/mol. The van der Waals surface area contributed by atoms with Gasteiger partial charge in [-0.15, -0.1) is 11.6 Å². The molecule has 1 saturated heterocycles. The summed E-state index contributed by atoms with van der Waals surface area (Å²) >= 11 is 6.24. The fourth-order valence-electron chi connectivity index (χ4n) is 3.07. The smallest absolute Gasteiger partial charge is 0.207 e. The Kier molecular flexibility index (Phi) is 3.82. The molecule has 1 aliphatic carbocycles. The molecule has 1 aromatic carbocycles. The third kappa shape index (κ3) is 2.49. The van der Waals surface area contributed by atoms with E-state index in [1.807, 2.05) is 12.1 Å². The van der Waals surface area contributed by atoms with Gasteiger partial charge in [0.2, 0.25) is 10.0 Å². The number of rotatable bonds is 2. The van der Waals surface area contributed by atoms with Crippen LogP contribution in [0.1, 0.15) is 30.9 Å². The molecule has 1 aliphatic heterocycles. The molecule has 3 rings (SSSR count). The first-order valence-corrected chi connectivity index (χ1v) is 9.12. The fraction of sp³-hybridized carbons (Fsp3) is 0.600. The molecule has 2 unspecified atom stereocenters. The van der Waals surface area contributed by atoms with Crippen LogP contribution in [0.2, 0.25) is 0 Å². The first kappa shape index (κ1) is 14.4. The molecule has 2 aliphatic rings. The van der Waals surface area contributed by atoms with Crippen molar-refractivity contribution in [3.8, 4) is 0 Å². The lowest BCUT2D eigenvalue weighted by molar-refractivity contribution is 0.293. The van der Waals surface area contributed by atoms with Crippen LogP contribution in [-0.2, 0) is 22.9 Å². The second kappa shape index (κ2) is 5.32. The maximum atomic E-state index is 12.7. The molecular weight excluding hydrogens is 294 g/mol. The highest BCUT2D eigenvalue weighted by Gasteiger charge is 2.33. The Balaban J connectivity index is 1.88. The molecular formula is C15H20ClNO2S. The van der Waals surface area contributed by atoms with Crippen molar-refractivity contribution in [3.63, 3.8) is 0 Å². The van der Waals surface area contributed by atoms with E-state index in [1.54, 1.807) is 10.4 Å². The number of benzene rings is 1.